The maximum absolute atomic E-state index is 6.97. The Morgan fingerprint density at radius 3 is 2.55 bits per heavy atom. The van der Waals surface area contributed by atoms with E-state index < -0.39 is 0 Å². The third-order valence-electron chi connectivity index (χ3n) is 0.961. The topological polar surface area (TPSA) is 35.9 Å². The van der Waals surface area contributed by atoms with E-state index in [1.54, 1.807) is 13.2 Å². The second-order valence-corrected chi connectivity index (χ2v) is 2.46. The fourth-order valence-corrected chi connectivity index (χ4v) is 0.497. The molecule has 2 nitrogen and oxygen atoms in total. The molecule has 11 heavy (non-hydrogen) atoms. The van der Waals surface area contributed by atoms with Crippen molar-refractivity contribution in [3.05, 3.63) is 11.8 Å². The van der Waals surface area contributed by atoms with E-state index in [-0.39, 0.29) is 0 Å². The summed E-state index contributed by atoms with van der Waals surface area (Å²) >= 11 is 0. The summed E-state index contributed by atoms with van der Waals surface area (Å²) in [5.41, 5.74) is 0.709. The molecule has 0 aliphatic heterocycles. The van der Waals surface area contributed by atoms with Gasteiger partial charge in [-0.2, -0.15) is 0 Å². The van der Waals surface area contributed by atoms with Crippen LogP contribution in [-0.4, -0.2) is 13.3 Å². The molecular formula is C9H14N2. The number of nitrogens with one attached hydrogen (secondary N) is 2. The largest absolute Gasteiger partial charge is 0.393 e. The summed E-state index contributed by atoms with van der Waals surface area (Å²) in [5.74, 6) is 6.20. The van der Waals surface area contributed by atoms with Gasteiger partial charge in [-0.05, 0) is 0 Å². The van der Waals surface area contributed by atoms with Crippen LogP contribution in [0, 0.1) is 23.2 Å². The van der Waals surface area contributed by atoms with Crippen molar-refractivity contribution in [2.45, 2.75) is 13.8 Å². The van der Waals surface area contributed by atoms with E-state index in [1.165, 1.54) is 6.21 Å². The normalized spacial score (nSPS) is 10.4. The Balaban J connectivity index is 4.22. The van der Waals surface area contributed by atoms with Crippen molar-refractivity contribution < 1.29 is 0 Å². The fraction of sp³-hybridized carbons (Fsp3) is 0.444. The highest BCUT2D eigenvalue weighted by molar-refractivity contribution is 5.81. The molecule has 0 saturated heterocycles. The molecule has 0 spiro atoms. The van der Waals surface area contributed by atoms with Gasteiger partial charge >= 0.3 is 0 Å². The molecule has 0 aromatic rings. The molecule has 0 heterocycles. The molecular weight excluding hydrogens is 136 g/mol. The molecule has 0 atom stereocenters. The fourth-order valence-electron chi connectivity index (χ4n) is 0.497. The zero-order chi connectivity index (χ0) is 8.69. The minimum atomic E-state index is 0.357. The van der Waals surface area contributed by atoms with Crippen molar-refractivity contribution in [1.82, 2.24) is 5.32 Å². The van der Waals surface area contributed by atoms with Crippen LogP contribution in [0.3, 0.4) is 0 Å². The monoisotopic (exact) mass is 150 g/mol. The van der Waals surface area contributed by atoms with E-state index in [0.29, 0.717) is 11.5 Å². The second-order valence-electron chi connectivity index (χ2n) is 2.46. The minimum absolute atomic E-state index is 0.357. The van der Waals surface area contributed by atoms with Gasteiger partial charge in [0.25, 0.3) is 0 Å². The van der Waals surface area contributed by atoms with Gasteiger partial charge in [0.05, 0.1) is 5.57 Å². The van der Waals surface area contributed by atoms with Crippen LogP contribution in [0.2, 0.25) is 0 Å². The molecule has 0 saturated carbocycles. The summed E-state index contributed by atoms with van der Waals surface area (Å²) in [6, 6.07) is 0. The molecule has 0 aliphatic carbocycles. The maximum atomic E-state index is 6.97. The molecule has 0 aromatic heterocycles. The third kappa shape index (κ3) is 5.23. The van der Waals surface area contributed by atoms with Gasteiger partial charge in [0.15, 0.2) is 0 Å². The molecule has 0 amide bonds. The summed E-state index contributed by atoms with van der Waals surface area (Å²) in [4.78, 5) is 0. The Morgan fingerprint density at radius 2 is 2.18 bits per heavy atom. The lowest BCUT2D eigenvalue weighted by Crippen LogP contribution is -1.96. The Morgan fingerprint density at radius 1 is 1.55 bits per heavy atom. The molecule has 2 heteroatoms. The van der Waals surface area contributed by atoms with Crippen LogP contribution in [0.25, 0.3) is 0 Å². The number of hydrogen-bond acceptors (Lipinski definition) is 2. The highest BCUT2D eigenvalue weighted by Gasteiger charge is 1.84. The van der Waals surface area contributed by atoms with Gasteiger partial charge in [0.1, 0.15) is 0 Å². The van der Waals surface area contributed by atoms with E-state index in [0.717, 1.165) is 0 Å². The number of allylic oxidation sites excluding steroid dienone is 1. The van der Waals surface area contributed by atoms with Crippen LogP contribution in [0.5, 0.6) is 0 Å². The first kappa shape index (κ1) is 9.77. The minimum Gasteiger partial charge on any atom is -0.393 e. The van der Waals surface area contributed by atoms with E-state index >= 15 is 0 Å². The standard InChI is InChI=1S/C9H14N2/c1-8(2)4-5-9(6-10)7-11-3/h6-8,10-11H,1-3H3/b9-7-,10-6?. The van der Waals surface area contributed by atoms with Crippen molar-refractivity contribution in [3.8, 4) is 11.8 Å². The van der Waals surface area contributed by atoms with Crippen LogP contribution in [-0.2, 0) is 0 Å². The molecule has 0 aromatic carbocycles. The van der Waals surface area contributed by atoms with Gasteiger partial charge in [0.2, 0.25) is 0 Å². The Hall–Kier alpha value is -1.23. The molecule has 0 rings (SSSR count). The number of rotatable bonds is 2. The van der Waals surface area contributed by atoms with Crippen molar-refractivity contribution in [3.63, 3.8) is 0 Å². The maximum Gasteiger partial charge on any atom is 0.0577 e. The Bertz CT molecular complexity index is 203. The van der Waals surface area contributed by atoms with Crippen LogP contribution >= 0.6 is 0 Å². The van der Waals surface area contributed by atoms with Gasteiger partial charge in [0, 0.05) is 25.4 Å². The first-order valence-electron chi connectivity index (χ1n) is 3.60. The van der Waals surface area contributed by atoms with Gasteiger partial charge in [-0.3, -0.25) is 0 Å². The molecule has 60 valence electrons. The highest BCUT2D eigenvalue weighted by Crippen LogP contribution is 1.89. The molecule has 2 N–H and O–H groups in total. The lowest BCUT2D eigenvalue weighted by Gasteiger charge is -1.90. The smallest absolute Gasteiger partial charge is 0.0577 e. The van der Waals surface area contributed by atoms with Crippen molar-refractivity contribution in [2.24, 2.45) is 5.92 Å². The first-order chi connectivity index (χ1) is 5.20. The van der Waals surface area contributed by atoms with Gasteiger partial charge in [-0.15, -0.1) is 0 Å². The van der Waals surface area contributed by atoms with E-state index in [4.69, 9.17) is 5.41 Å². The average Bonchev–Trinajstić information content (AvgIpc) is 1.97. The van der Waals surface area contributed by atoms with Crippen molar-refractivity contribution in [2.75, 3.05) is 7.05 Å². The molecule has 0 bridgehead atoms. The Kier molecular flexibility index (Phi) is 4.93. The van der Waals surface area contributed by atoms with Crippen LogP contribution in [0.15, 0.2) is 11.8 Å². The molecule has 0 radical (unpaired) electrons. The Labute approximate surface area is 68.2 Å². The first-order valence-corrected chi connectivity index (χ1v) is 3.60. The zero-order valence-corrected chi connectivity index (χ0v) is 7.23. The summed E-state index contributed by atoms with van der Waals surface area (Å²) in [5, 5.41) is 9.80. The SMILES string of the molecule is CN/C=C(/C#CC(C)C)C=N. The summed E-state index contributed by atoms with van der Waals surface area (Å²) in [7, 11) is 1.79. The van der Waals surface area contributed by atoms with Crippen LogP contribution in [0.4, 0.5) is 0 Å². The van der Waals surface area contributed by atoms with Crippen molar-refractivity contribution >= 4 is 6.21 Å². The predicted octanol–water partition coefficient (Wildman–Crippen LogP) is 1.40. The summed E-state index contributed by atoms with van der Waals surface area (Å²) < 4.78 is 0. The summed E-state index contributed by atoms with van der Waals surface area (Å²) in [6.07, 6.45) is 2.95. The molecule has 0 fully saturated rings. The lowest BCUT2D eigenvalue weighted by molar-refractivity contribution is 0.866. The van der Waals surface area contributed by atoms with Gasteiger partial charge in [-0.25, -0.2) is 0 Å². The van der Waals surface area contributed by atoms with Crippen LogP contribution < -0.4 is 5.32 Å². The lowest BCUT2D eigenvalue weighted by atomic mass is 10.2. The van der Waals surface area contributed by atoms with E-state index in [9.17, 15) is 0 Å². The predicted molar refractivity (Wildman–Crippen MR) is 48.5 cm³/mol. The average molecular weight is 150 g/mol. The van der Waals surface area contributed by atoms with Gasteiger partial charge in [-0.1, -0.05) is 25.7 Å². The van der Waals surface area contributed by atoms with Gasteiger partial charge < -0.3 is 10.7 Å². The summed E-state index contributed by atoms with van der Waals surface area (Å²) in [6.45, 7) is 4.04. The quantitative estimate of drug-likeness (QED) is 0.453. The highest BCUT2D eigenvalue weighted by atomic mass is 14.8. The third-order valence-corrected chi connectivity index (χ3v) is 0.961. The number of hydrogen-bond donors (Lipinski definition) is 2. The van der Waals surface area contributed by atoms with Crippen molar-refractivity contribution in [1.29, 1.82) is 5.41 Å². The molecule has 0 aliphatic rings. The van der Waals surface area contributed by atoms with E-state index in [2.05, 4.69) is 17.2 Å². The van der Waals surface area contributed by atoms with Crippen LogP contribution in [0.1, 0.15) is 13.8 Å². The zero-order valence-electron chi connectivity index (χ0n) is 7.23. The van der Waals surface area contributed by atoms with E-state index in [1.807, 2.05) is 13.8 Å². The molecule has 0 unspecified atom stereocenters. The second kappa shape index (κ2) is 5.55.